The Bertz CT molecular complexity index is 234. The van der Waals surface area contributed by atoms with Gasteiger partial charge in [-0.05, 0) is 31.0 Å². The lowest BCUT2D eigenvalue weighted by Gasteiger charge is -1.92. The lowest BCUT2D eigenvalue weighted by molar-refractivity contribution is 1.41. The Morgan fingerprint density at radius 1 is 1.27 bits per heavy atom. The molecule has 0 aromatic heterocycles. The SMILES string of the molecule is [CH2]CC=Cc1ccc(Br)cc1. The van der Waals surface area contributed by atoms with Gasteiger partial charge in [0, 0.05) is 4.47 Å². The average Bonchev–Trinajstić information content (AvgIpc) is 2.04. The van der Waals surface area contributed by atoms with Crippen molar-refractivity contribution in [2.24, 2.45) is 0 Å². The zero-order chi connectivity index (χ0) is 8.10. The summed E-state index contributed by atoms with van der Waals surface area (Å²) in [7, 11) is 0. The second kappa shape index (κ2) is 4.35. The fourth-order valence-corrected chi connectivity index (χ4v) is 1.06. The maximum absolute atomic E-state index is 3.72. The summed E-state index contributed by atoms with van der Waals surface area (Å²) in [5.41, 5.74) is 1.22. The van der Waals surface area contributed by atoms with Gasteiger partial charge < -0.3 is 0 Å². The summed E-state index contributed by atoms with van der Waals surface area (Å²) in [5, 5.41) is 0. The van der Waals surface area contributed by atoms with Crippen molar-refractivity contribution < 1.29 is 0 Å². The molecular weight excluding hydrogens is 200 g/mol. The molecule has 0 spiro atoms. The molecule has 0 fully saturated rings. The highest BCUT2D eigenvalue weighted by molar-refractivity contribution is 9.10. The molecule has 0 amide bonds. The Labute approximate surface area is 76.1 Å². The fourth-order valence-electron chi connectivity index (χ4n) is 0.793. The van der Waals surface area contributed by atoms with E-state index < -0.39 is 0 Å². The molecule has 0 heterocycles. The zero-order valence-corrected chi connectivity index (χ0v) is 7.84. The monoisotopic (exact) mass is 209 g/mol. The van der Waals surface area contributed by atoms with Crippen LogP contribution in [-0.2, 0) is 0 Å². The Morgan fingerprint density at radius 2 is 1.91 bits per heavy atom. The maximum atomic E-state index is 3.72. The smallest absolute Gasteiger partial charge is 0.0175 e. The minimum Gasteiger partial charge on any atom is -0.0839 e. The molecule has 0 aliphatic heterocycles. The normalized spacial score (nSPS) is 10.7. The van der Waals surface area contributed by atoms with Crippen LogP contribution in [0.25, 0.3) is 6.08 Å². The van der Waals surface area contributed by atoms with E-state index in [0.717, 1.165) is 10.9 Å². The molecule has 1 radical (unpaired) electrons. The highest BCUT2D eigenvalue weighted by Gasteiger charge is 1.85. The minimum atomic E-state index is 0.843. The van der Waals surface area contributed by atoms with Crippen LogP contribution < -0.4 is 0 Å². The van der Waals surface area contributed by atoms with Crippen LogP contribution in [-0.4, -0.2) is 0 Å². The zero-order valence-electron chi connectivity index (χ0n) is 6.26. The van der Waals surface area contributed by atoms with Crippen molar-refractivity contribution in [1.82, 2.24) is 0 Å². The molecule has 1 aromatic carbocycles. The van der Waals surface area contributed by atoms with E-state index in [1.165, 1.54) is 5.56 Å². The first kappa shape index (κ1) is 8.54. The first-order chi connectivity index (χ1) is 5.33. The number of rotatable bonds is 2. The van der Waals surface area contributed by atoms with Crippen molar-refractivity contribution in [3.8, 4) is 0 Å². The van der Waals surface area contributed by atoms with E-state index in [-0.39, 0.29) is 0 Å². The van der Waals surface area contributed by atoms with Crippen molar-refractivity contribution in [2.45, 2.75) is 6.42 Å². The molecule has 1 aromatic rings. The lowest BCUT2D eigenvalue weighted by atomic mass is 10.2. The number of hydrogen-bond donors (Lipinski definition) is 0. The topological polar surface area (TPSA) is 0 Å². The van der Waals surface area contributed by atoms with Crippen LogP contribution in [0.2, 0.25) is 0 Å². The van der Waals surface area contributed by atoms with E-state index in [4.69, 9.17) is 0 Å². The molecule has 0 saturated heterocycles. The number of halogens is 1. The van der Waals surface area contributed by atoms with Crippen LogP contribution in [0.1, 0.15) is 12.0 Å². The quantitative estimate of drug-likeness (QED) is 0.698. The Hall–Kier alpha value is -0.560. The van der Waals surface area contributed by atoms with E-state index >= 15 is 0 Å². The largest absolute Gasteiger partial charge is 0.0839 e. The van der Waals surface area contributed by atoms with Crippen molar-refractivity contribution in [3.05, 3.63) is 47.3 Å². The lowest BCUT2D eigenvalue weighted by Crippen LogP contribution is -1.69. The third-order valence-corrected chi connectivity index (χ3v) is 1.88. The maximum Gasteiger partial charge on any atom is 0.0175 e. The summed E-state index contributed by atoms with van der Waals surface area (Å²) in [5.74, 6) is 0. The van der Waals surface area contributed by atoms with Gasteiger partial charge in [-0.2, -0.15) is 0 Å². The van der Waals surface area contributed by atoms with Crippen molar-refractivity contribution >= 4 is 22.0 Å². The molecule has 1 rings (SSSR count). The van der Waals surface area contributed by atoms with E-state index in [2.05, 4.69) is 41.1 Å². The Kier molecular flexibility index (Phi) is 3.37. The fraction of sp³-hybridized carbons (Fsp3) is 0.100. The van der Waals surface area contributed by atoms with Crippen LogP contribution in [0.3, 0.4) is 0 Å². The third kappa shape index (κ3) is 2.89. The number of benzene rings is 1. The van der Waals surface area contributed by atoms with E-state index in [1.54, 1.807) is 0 Å². The molecule has 0 nitrogen and oxygen atoms in total. The molecule has 0 bridgehead atoms. The van der Waals surface area contributed by atoms with E-state index in [0.29, 0.717) is 0 Å². The number of allylic oxidation sites excluding steroid dienone is 1. The second-order valence-electron chi connectivity index (χ2n) is 2.24. The highest BCUT2D eigenvalue weighted by Crippen LogP contribution is 2.11. The molecule has 0 unspecified atom stereocenters. The summed E-state index contributed by atoms with van der Waals surface area (Å²) in [4.78, 5) is 0. The Balaban J connectivity index is 2.73. The van der Waals surface area contributed by atoms with Crippen LogP contribution in [0.4, 0.5) is 0 Å². The number of hydrogen-bond acceptors (Lipinski definition) is 0. The Morgan fingerprint density at radius 3 is 2.45 bits per heavy atom. The first-order valence-corrected chi connectivity index (χ1v) is 4.33. The van der Waals surface area contributed by atoms with E-state index in [9.17, 15) is 0 Å². The second-order valence-corrected chi connectivity index (χ2v) is 3.16. The van der Waals surface area contributed by atoms with Gasteiger partial charge in [-0.3, -0.25) is 0 Å². The van der Waals surface area contributed by atoms with Gasteiger partial charge in [-0.15, -0.1) is 0 Å². The summed E-state index contributed by atoms with van der Waals surface area (Å²) in [6.45, 7) is 3.72. The summed E-state index contributed by atoms with van der Waals surface area (Å²) in [6.07, 6.45) is 4.96. The van der Waals surface area contributed by atoms with Crippen molar-refractivity contribution in [3.63, 3.8) is 0 Å². The first-order valence-electron chi connectivity index (χ1n) is 3.54. The average molecular weight is 210 g/mol. The molecule has 0 saturated carbocycles. The molecule has 0 aliphatic rings. The van der Waals surface area contributed by atoms with Gasteiger partial charge in [-0.25, -0.2) is 0 Å². The molecular formula is C10H10Br. The van der Waals surface area contributed by atoms with Gasteiger partial charge in [0.05, 0.1) is 0 Å². The summed E-state index contributed by atoms with van der Waals surface area (Å²) in [6, 6.07) is 8.19. The van der Waals surface area contributed by atoms with Gasteiger partial charge >= 0.3 is 0 Å². The van der Waals surface area contributed by atoms with Gasteiger partial charge in [0.25, 0.3) is 0 Å². The predicted molar refractivity (Wildman–Crippen MR) is 53.2 cm³/mol. The molecule has 1 heteroatoms. The minimum absolute atomic E-state index is 0.843. The van der Waals surface area contributed by atoms with Crippen molar-refractivity contribution in [1.29, 1.82) is 0 Å². The van der Waals surface area contributed by atoms with Crippen molar-refractivity contribution in [2.75, 3.05) is 0 Å². The summed E-state index contributed by atoms with van der Waals surface area (Å²) < 4.78 is 1.12. The summed E-state index contributed by atoms with van der Waals surface area (Å²) >= 11 is 3.38. The van der Waals surface area contributed by atoms with Gasteiger partial charge in [0.2, 0.25) is 0 Å². The van der Waals surface area contributed by atoms with Crippen LogP contribution in [0.15, 0.2) is 34.8 Å². The van der Waals surface area contributed by atoms with E-state index in [1.807, 2.05) is 18.2 Å². The molecule has 57 valence electrons. The van der Waals surface area contributed by atoms with Crippen LogP contribution in [0.5, 0.6) is 0 Å². The van der Waals surface area contributed by atoms with Gasteiger partial charge in [-0.1, -0.05) is 40.2 Å². The molecule has 11 heavy (non-hydrogen) atoms. The highest BCUT2D eigenvalue weighted by atomic mass is 79.9. The molecule has 0 aliphatic carbocycles. The van der Waals surface area contributed by atoms with Crippen LogP contribution >= 0.6 is 15.9 Å². The van der Waals surface area contributed by atoms with Crippen LogP contribution in [0, 0.1) is 6.92 Å². The van der Waals surface area contributed by atoms with Gasteiger partial charge in [0.15, 0.2) is 0 Å². The predicted octanol–water partition coefficient (Wildman–Crippen LogP) is 3.69. The molecule has 0 N–H and O–H groups in total. The van der Waals surface area contributed by atoms with Gasteiger partial charge in [0.1, 0.15) is 0 Å². The standard InChI is InChI=1S/C10H10Br/c1-2-3-4-9-5-7-10(11)8-6-9/h3-8H,1-2H2. The molecule has 0 atom stereocenters. The third-order valence-electron chi connectivity index (χ3n) is 1.35.